The first-order valence-corrected chi connectivity index (χ1v) is 12.6. The van der Waals surface area contributed by atoms with Gasteiger partial charge in [0, 0.05) is 24.9 Å². The molecule has 1 N–H and O–H groups in total. The first kappa shape index (κ1) is 25.5. The summed E-state index contributed by atoms with van der Waals surface area (Å²) in [5, 5.41) is 3.81. The molecule has 36 heavy (non-hydrogen) atoms. The van der Waals surface area contributed by atoms with Crippen molar-refractivity contribution in [3.63, 3.8) is 0 Å². The van der Waals surface area contributed by atoms with E-state index >= 15 is 0 Å². The van der Waals surface area contributed by atoms with E-state index in [0.29, 0.717) is 35.6 Å². The molecule has 186 valence electrons. The number of amides is 2. The summed E-state index contributed by atoms with van der Waals surface area (Å²) >= 11 is 6.26. The molecule has 1 heterocycles. The van der Waals surface area contributed by atoms with Crippen molar-refractivity contribution in [3.8, 4) is 5.75 Å². The molecule has 4 rings (SSSR count). The van der Waals surface area contributed by atoms with Crippen molar-refractivity contribution in [1.82, 2.24) is 10.2 Å². The van der Waals surface area contributed by atoms with Crippen molar-refractivity contribution >= 4 is 23.4 Å². The molecule has 1 aliphatic heterocycles. The summed E-state index contributed by atoms with van der Waals surface area (Å²) in [6.45, 7) is 1.98. The Kier molecular flexibility index (Phi) is 8.44. The minimum atomic E-state index is -0.723. The minimum absolute atomic E-state index is 0.122. The van der Waals surface area contributed by atoms with Crippen LogP contribution in [0.5, 0.6) is 5.75 Å². The molecule has 0 bridgehead atoms. The van der Waals surface area contributed by atoms with Crippen LogP contribution in [0.4, 0.5) is 0 Å². The highest BCUT2D eigenvalue weighted by atomic mass is 35.5. The van der Waals surface area contributed by atoms with Crippen molar-refractivity contribution in [1.29, 1.82) is 0 Å². The third-order valence-electron chi connectivity index (χ3n) is 6.38. The van der Waals surface area contributed by atoms with Gasteiger partial charge in [-0.2, -0.15) is 0 Å². The Labute approximate surface area is 217 Å². The van der Waals surface area contributed by atoms with Crippen molar-refractivity contribution in [2.75, 3.05) is 7.05 Å². The van der Waals surface area contributed by atoms with Gasteiger partial charge in [0.15, 0.2) is 0 Å². The van der Waals surface area contributed by atoms with Gasteiger partial charge in [0.25, 0.3) is 5.91 Å². The fraction of sp³-hybridized carbons (Fsp3) is 0.267. The van der Waals surface area contributed by atoms with E-state index in [1.807, 2.05) is 73.7 Å². The highest BCUT2D eigenvalue weighted by molar-refractivity contribution is 6.30. The van der Waals surface area contributed by atoms with Gasteiger partial charge in [-0.3, -0.25) is 9.59 Å². The van der Waals surface area contributed by atoms with Crippen LogP contribution in [-0.4, -0.2) is 35.9 Å². The van der Waals surface area contributed by atoms with Gasteiger partial charge >= 0.3 is 0 Å². The van der Waals surface area contributed by atoms with Crippen molar-refractivity contribution in [2.45, 2.75) is 44.4 Å². The summed E-state index contributed by atoms with van der Waals surface area (Å²) in [6.07, 6.45) is 5.63. The predicted molar refractivity (Wildman–Crippen MR) is 143 cm³/mol. The van der Waals surface area contributed by atoms with Crippen molar-refractivity contribution in [2.24, 2.45) is 0 Å². The van der Waals surface area contributed by atoms with Crippen LogP contribution in [0.2, 0.25) is 5.02 Å². The van der Waals surface area contributed by atoms with Crippen LogP contribution in [0.3, 0.4) is 0 Å². The van der Waals surface area contributed by atoms with Gasteiger partial charge in [-0.1, -0.05) is 78.4 Å². The van der Waals surface area contributed by atoms with E-state index in [9.17, 15) is 9.59 Å². The number of rotatable bonds is 3. The Hall–Kier alpha value is -3.57. The van der Waals surface area contributed by atoms with Crippen LogP contribution in [0.15, 0.2) is 91.0 Å². The summed E-state index contributed by atoms with van der Waals surface area (Å²) in [4.78, 5) is 29.0. The number of hydrogen-bond donors (Lipinski definition) is 1. The van der Waals surface area contributed by atoms with Gasteiger partial charge in [-0.05, 0) is 48.7 Å². The molecule has 2 amide bonds. The molecule has 0 radical (unpaired) electrons. The van der Waals surface area contributed by atoms with E-state index in [-0.39, 0.29) is 24.0 Å². The minimum Gasteiger partial charge on any atom is -0.490 e. The molecule has 0 saturated carbocycles. The van der Waals surface area contributed by atoms with Gasteiger partial charge in [0.2, 0.25) is 5.91 Å². The number of hydrogen-bond acceptors (Lipinski definition) is 3. The summed E-state index contributed by atoms with van der Waals surface area (Å²) in [7, 11) is 1.68. The standard InChI is InChI=1S/C30H31ClN2O3/c1-21-11-6-8-17-26(23-14-10-15-24(31)20-23)32-29(34)27(19-22-12-4-3-5-13-22)33(2)30(35)25-16-7-9-18-28(25)36-21/h3-10,12-16,18,20-21,26-27H,11,17,19H2,1-2H3,(H,32,34)/b8-6-/t21-,26+,27+/m1/s1. The lowest BCUT2D eigenvalue weighted by atomic mass is 9.99. The fourth-order valence-electron chi connectivity index (χ4n) is 4.38. The molecule has 1 aliphatic rings. The van der Waals surface area contributed by atoms with Crippen LogP contribution in [-0.2, 0) is 11.2 Å². The number of benzene rings is 3. The number of fused-ring (bicyclic) bond motifs is 1. The highest BCUT2D eigenvalue weighted by Gasteiger charge is 2.31. The maximum Gasteiger partial charge on any atom is 0.258 e. The molecule has 0 aliphatic carbocycles. The average molecular weight is 503 g/mol. The van der Waals surface area contributed by atoms with E-state index in [0.717, 1.165) is 11.1 Å². The molecule has 5 nitrogen and oxygen atoms in total. The third-order valence-corrected chi connectivity index (χ3v) is 6.62. The number of nitrogens with zero attached hydrogens (tertiary/aromatic N) is 1. The molecule has 0 unspecified atom stereocenters. The second-order valence-corrected chi connectivity index (χ2v) is 9.54. The summed E-state index contributed by atoms with van der Waals surface area (Å²) in [5.74, 6) is 0.0284. The van der Waals surface area contributed by atoms with Crippen LogP contribution >= 0.6 is 11.6 Å². The SMILES string of the molecule is C[C@@H]1C/C=C\C[C@@H](c2cccc(Cl)c2)NC(=O)[C@H](Cc2ccccc2)N(C)C(=O)c2ccccc2O1. The Balaban J connectivity index is 1.73. The molecule has 0 fully saturated rings. The van der Waals surface area contributed by atoms with Crippen LogP contribution < -0.4 is 10.1 Å². The molecule has 3 aromatic carbocycles. The summed E-state index contributed by atoms with van der Waals surface area (Å²) < 4.78 is 6.15. The number of carbonyl (C=O) groups is 2. The summed E-state index contributed by atoms with van der Waals surface area (Å²) in [5.41, 5.74) is 2.32. The first-order chi connectivity index (χ1) is 17.4. The zero-order valence-electron chi connectivity index (χ0n) is 20.6. The van der Waals surface area contributed by atoms with E-state index < -0.39 is 6.04 Å². The van der Waals surface area contributed by atoms with Crippen LogP contribution in [0, 0.1) is 0 Å². The van der Waals surface area contributed by atoms with Gasteiger partial charge in [0.1, 0.15) is 11.8 Å². The van der Waals surface area contributed by atoms with Gasteiger partial charge in [-0.25, -0.2) is 0 Å². The average Bonchev–Trinajstić information content (AvgIpc) is 2.88. The van der Waals surface area contributed by atoms with E-state index in [4.69, 9.17) is 16.3 Å². The lowest BCUT2D eigenvalue weighted by Gasteiger charge is -2.30. The predicted octanol–water partition coefficient (Wildman–Crippen LogP) is 6.00. The molecule has 3 atom stereocenters. The number of nitrogens with one attached hydrogen (secondary N) is 1. The maximum atomic E-state index is 13.8. The van der Waals surface area contributed by atoms with E-state index in [1.54, 1.807) is 19.2 Å². The largest absolute Gasteiger partial charge is 0.490 e. The van der Waals surface area contributed by atoms with Crippen LogP contribution in [0.1, 0.15) is 47.3 Å². The number of ether oxygens (including phenoxy) is 1. The smallest absolute Gasteiger partial charge is 0.258 e. The molecule has 6 heteroatoms. The Morgan fingerprint density at radius 1 is 0.944 bits per heavy atom. The molecular formula is C30H31ClN2O3. The number of likely N-dealkylation sites (N-methyl/N-ethyl adjacent to an activating group) is 1. The summed E-state index contributed by atoms with van der Waals surface area (Å²) in [6, 6.07) is 23.4. The number of carbonyl (C=O) groups excluding carboxylic acids is 2. The highest BCUT2D eigenvalue weighted by Crippen LogP contribution is 2.26. The molecule has 0 saturated heterocycles. The third kappa shape index (κ3) is 6.35. The van der Waals surface area contributed by atoms with Crippen molar-refractivity contribution in [3.05, 3.63) is 113 Å². The quantitative estimate of drug-likeness (QED) is 0.447. The molecule has 0 spiro atoms. The lowest BCUT2D eigenvalue weighted by Crippen LogP contribution is -2.49. The van der Waals surface area contributed by atoms with Crippen LogP contribution in [0.25, 0.3) is 0 Å². The monoisotopic (exact) mass is 502 g/mol. The normalized spacial score (nSPS) is 22.1. The second-order valence-electron chi connectivity index (χ2n) is 9.11. The Morgan fingerprint density at radius 2 is 1.67 bits per heavy atom. The molecule has 0 aromatic heterocycles. The zero-order chi connectivity index (χ0) is 25.5. The molecule has 3 aromatic rings. The Morgan fingerprint density at radius 3 is 2.44 bits per heavy atom. The van der Waals surface area contributed by atoms with Gasteiger partial charge in [0.05, 0.1) is 17.7 Å². The Bertz CT molecular complexity index is 1230. The number of para-hydroxylation sites is 1. The maximum absolute atomic E-state index is 13.8. The van der Waals surface area contributed by atoms with Crippen molar-refractivity contribution < 1.29 is 14.3 Å². The first-order valence-electron chi connectivity index (χ1n) is 12.2. The lowest BCUT2D eigenvalue weighted by molar-refractivity contribution is -0.126. The van der Waals surface area contributed by atoms with E-state index in [2.05, 4.69) is 17.5 Å². The fourth-order valence-corrected chi connectivity index (χ4v) is 4.57. The second kappa shape index (κ2) is 11.9. The molecular weight excluding hydrogens is 472 g/mol. The topological polar surface area (TPSA) is 58.6 Å². The van der Waals surface area contributed by atoms with E-state index in [1.165, 1.54) is 4.90 Å². The number of halogens is 1. The van der Waals surface area contributed by atoms with Gasteiger partial charge < -0.3 is 15.0 Å². The van der Waals surface area contributed by atoms with Gasteiger partial charge in [-0.15, -0.1) is 0 Å². The zero-order valence-corrected chi connectivity index (χ0v) is 21.3.